The van der Waals surface area contributed by atoms with Crippen molar-refractivity contribution in [1.29, 1.82) is 0 Å². The fourth-order valence-electron chi connectivity index (χ4n) is 1.78. The van der Waals surface area contributed by atoms with Gasteiger partial charge in [-0.2, -0.15) is 0 Å². The number of ether oxygens (including phenoxy) is 1. The number of aryl methyl sites for hydroxylation is 1. The van der Waals surface area contributed by atoms with E-state index in [1.165, 1.54) is 30.1 Å². The number of hydrogen-bond acceptors (Lipinski definition) is 5. The van der Waals surface area contributed by atoms with E-state index in [4.69, 9.17) is 0 Å². The minimum Gasteiger partial charge on any atom is -0.469 e. The van der Waals surface area contributed by atoms with Crippen molar-refractivity contribution in [2.75, 3.05) is 7.11 Å². The molecule has 0 aliphatic heterocycles. The number of hydrogen-bond donors (Lipinski definition) is 0. The maximum atomic E-state index is 12.1. The molecule has 0 atom stereocenters. The first-order valence-electron chi connectivity index (χ1n) is 5.20. The van der Waals surface area contributed by atoms with E-state index in [-0.39, 0.29) is 17.7 Å². The molecule has 0 bridgehead atoms. The van der Waals surface area contributed by atoms with Crippen LogP contribution in [0.1, 0.15) is 5.56 Å². The largest absolute Gasteiger partial charge is 0.469 e. The van der Waals surface area contributed by atoms with Gasteiger partial charge < -0.3 is 4.74 Å². The van der Waals surface area contributed by atoms with Crippen LogP contribution in [-0.2, 0) is 30.0 Å². The van der Waals surface area contributed by atoms with Gasteiger partial charge in [-0.3, -0.25) is 18.7 Å². The Bertz CT molecular complexity index is 738. The number of fused-ring (bicyclic) bond motifs is 1. The summed E-state index contributed by atoms with van der Waals surface area (Å²) in [6.07, 6.45) is 0.0317. The van der Waals surface area contributed by atoms with E-state index < -0.39 is 5.97 Å². The minimum absolute atomic E-state index is 0.0317. The first kappa shape index (κ1) is 12.6. The second-order valence-corrected chi connectivity index (χ2v) is 4.76. The Labute approximate surface area is 106 Å². The predicted molar refractivity (Wildman–Crippen MR) is 68.0 cm³/mol. The highest BCUT2D eigenvalue weighted by Gasteiger charge is 2.16. The van der Waals surface area contributed by atoms with Crippen LogP contribution in [0.4, 0.5) is 0 Å². The molecule has 96 valence electrons. The lowest BCUT2D eigenvalue weighted by Crippen LogP contribution is -2.36. The third kappa shape index (κ3) is 1.76. The second-order valence-electron chi connectivity index (χ2n) is 3.90. The molecule has 0 saturated heterocycles. The van der Waals surface area contributed by atoms with Crippen molar-refractivity contribution in [1.82, 2.24) is 9.13 Å². The molecule has 0 unspecified atom stereocenters. The molecule has 2 rings (SSSR count). The quantitative estimate of drug-likeness (QED) is 0.720. The van der Waals surface area contributed by atoms with Crippen molar-refractivity contribution < 1.29 is 9.53 Å². The molecule has 2 heterocycles. The molecule has 18 heavy (non-hydrogen) atoms. The minimum atomic E-state index is -0.411. The highest BCUT2D eigenvalue weighted by atomic mass is 32.1. The highest BCUT2D eigenvalue weighted by Crippen LogP contribution is 2.21. The molecule has 7 heteroatoms. The van der Waals surface area contributed by atoms with E-state index in [1.54, 1.807) is 12.4 Å². The zero-order chi connectivity index (χ0) is 13.4. The number of methoxy groups -OCH3 is 1. The Morgan fingerprint density at radius 1 is 1.33 bits per heavy atom. The Balaban J connectivity index is 2.78. The van der Waals surface area contributed by atoms with E-state index in [0.717, 1.165) is 4.57 Å². The van der Waals surface area contributed by atoms with Gasteiger partial charge >= 0.3 is 11.7 Å². The summed E-state index contributed by atoms with van der Waals surface area (Å²) in [7, 11) is 4.32. The van der Waals surface area contributed by atoms with E-state index in [9.17, 15) is 14.4 Å². The van der Waals surface area contributed by atoms with E-state index in [0.29, 0.717) is 15.8 Å². The zero-order valence-corrected chi connectivity index (χ0v) is 11.0. The maximum absolute atomic E-state index is 12.1. The number of rotatable bonds is 2. The van der Waals surface area contributed by atoms with E-state index in [1.807, 2.05) is 0 Å². The summed E-state index contributed by atoms with van der Waals surface area (Å²) in [6, 6.07) is 0. The fraction of sp³-hybridized carbons (Fsp3) is 0.364. The average molecular weight is 268 g/mol. The number of thiophene rings is 1. The van der Waals surface area contributed by atoms with Crippen LogP contribution in [0.25, 0.3) is 10.2 Å². The summed E-state index contributed by atoms with van der Waals surface area (Å²) in [5.41, 5.74) is -0.162. The van der Waals surface area contributed by atoms with Crippen molar-refractivity contribution in [3.63, 3.8) is 0 Å². The second kappa shape index (κ2) is 4.41. The van der Waals surface area contributed by atoms with Crippen LogP contribution in [0.3, 0.4) is 0 Å². The first-order chi connectivity index (χ1) is 8.47. The Morgan fingerprint density at radius 3 is 2.61 bits per heavy atom. The Morgan fingerprint density at radius 2 is 2.00 bits per heavy atom. The van der Waals surface area contributed by atoms with Gasteiger partial charge in [0.25, 0.3) is 5.56 Å². The Hall–Kier alpha value is -1.89. The van der Waals surface area contributed by atoms with Crippen LogP contribution >= 0.6 is 11.3 Å². The van der Waals surface area contributed by atoms with Gasteiger partial charge in [-0.05, 0) is 10.9 Å². The lowest BCUT2D eigenvalue weighted by atomic mass is 10.2. The van der Waals surface area contributed by atoms with Crippen LogP contribution < -0.4 is 11.2 Å². The van der Waals surface area contributed by atoms with Crippen molar-refractivity contribution in [3.8, 4) is 0 Å². The van der Waals surface area contributed by atoms with Crippen LogP contribution in [0, 0.1) is 0 Å². The molecule has 0 aliphatic carbocycles. The maximum Gasteiger partial charge on any atom is 0.331 e. The fourth-order valence-corrected chi connectivity index (χ4v) is 2.81. The summed E-state index contributed by atoms with van der Waals surface area (Å²) < 4.78 is 7.03. The molecular weight excluding hydrogens is 256 g/mol. The number of carbonyl (C=O) groups is 1. The van der Waals surface area contributed by atoms with Gasteiger partial charge in [0.15, 0.2) is 0 Å². The van der Waals surface area contributed by atoms with Crippen molar-refractivity contribution in [3.05, 3.63) is 31.8 Å². The van der Waals surface area contributed by atoms with Gasteiger partial charge in [-0.1, -0.05) is 0 Å². The number of esters is 1. The van der Waals surface area contributed by atoms with Crippen molar-refractivity contribution in [2.24, 2.45) is 14.1 Å². The third-order valence-corrected chi connectivity index (χ3v) is 3.91. The molecule has 0 amide bonds. The summed E-state index contributed by atoms with van der Waals surface area (Å²) >= 11 is 1.27. The summed E-state index contributed by atoms with van der Waals surface area (Å²) in [4.78, 5) is 35.6. The van der Waals surface area contributed by atoms with Crippen molar-refractivity contribution >= 4 is 27.5 Å². The summed E-state index contributed by atoms with van der Waals surface area (Å²) in [6.45, 7) is 0. The molecule has 0 N–H and O–H groups in total. The van der Waals surface area contributed by atoms with Gasteiger partial charge in [0.1, 0.15) is 4.83 Å². The van der Waals surface area contributed by atoms with Gasteiger partial charge in [0, 0.05) is 14.1 Å². The molecular formula is C11H12N2O4S. The SMILES string of the molecule is COC(=O)Cc1csc2c1c(=O)n(C)c(=O)n2C. The molecule has 2 aromatic rings. The molecule has 0 radical (unpaired) electrons. The molecule has 0 saturated carbocycles. The number of carbonyl (C=O) groups excluding carboxylic acids is 1. The summed E-state index contributed by atoms with van der Waals surface area (Å²) in [5.74, 6) is -0.411. The first-order valence-corrected chi connectivity index (χ1v) is 6.08. The lowest BCUT2D eigenvalue weighted by molar-refractivity contribution is -0.139. The van der Waals surface area contributed by atoms with Crippen LogP contribution in [0.15, 0.2) is 15.0 Å². The van der Waals surface area contributed by atoms with Gasteiger partial charge in [0.05, 0.1) is 18.9 Å². The normalized spacial score (nSPS) is 10.8. The zero-order valence-electron chi connectivity index (χ0n) is 10.2. The van der Waals surface area contributed by atoms with E-state index in [2.05, 4.69) is 4.74 Å². The van der Waals surface area contributed by atoms with Crippen LogP contribution in [0.2, 0.25) is 0 Å². The van der Waals surface area contributed by atoms with E-state index >= 15 is 0 Å². The Kier molecular flexibility index (Phi) is 3.08. The molecule has 6 nitrogen and oxygen atoms in total. The number of aromatic nitrogens is 2. The van der Waals surface area contributed by atoms with Gasteiger partial charge in [-0.15, -0.1) is 11.3 Å². The topological polar surface area (TPSA) is 70.3 Å². The smallest absolute Gasteiger partial charge is 0.331 e. The standard InChI is InChI=1S/C11H12N2O4S/c1-12-9(15)8-6(4-7(14)17-3)5-18-10(8)13(2)11(12)16/h5H,4H2,1-3H3. The van der Waals surface area contributed by atoms with Crippen LogP contribution in [-0.4, -0.2) is 22.2 Å². The number of nitrogens with zero attached hydrogens (tertiary/aromatic N) is 2. The lowest BCUT2D eigenvalue weighted by Gasteiger charge is -2.04. The average Bonchev–Trinajstić information content (AvgIpc) is 2.77. The third-order valence-electron chi connectivity index (χ3n) is 2.81. The highest BCUT2D eigenvalue weighted by molar-refractivity contribution is 7.17. The van der Waals surface area contributed by atoms with Crippen molar-refractivity contribution in [2.45, 2.75) is 6.42 Å². The summed E-state index contributed by atoms with van der Waals surface area (Å²) in [5, 5.41) is 2.12. The van der Waals surface area contributed by atoms with Gasteiger partial charge in [-0.25, -0.2) is 4.79 Å². The van der Waals surface area contributed by atoms with Crippen LogP contribution in [0.5, 0.6) is 0 Å². The molecule has 2 aromatic heterocycles. The molecule has 0 fully saturated rings. The van der Waals surface area contributed by atoms with Gasteiger partial charge in [0.2, 0.25) is 0 Å². The predicted octanol–water partition coefficient (Wildman–Crippen LogP) is 0.0142. The molecule has 0 spiro atoms. The monoisotopic (exact) mass is 268 g/mol. The molecule has 0 aromatic carbocycles. The molecule has 0 aliphatic rings.